The Morgan fingerprint density at radius 3 is 2.95 bits per heavy atom. The van der Waals surface area contributed by atoms with Crippen LogP contribution in [-0.4, -0.2) is 26.9 Å². The molecule has 1 aliphatic heterocycles. The average molecular weight is 321 g/mol. The van der Waals surface area contributed by atoms with E-state index < -0.39 is 0 Å². The van der Waals surface area contributed by atoms with Crippen molar-refractivity contribution < 1.29 is 4.52 Å². The molecule has 2 atom stereocenters. The van der Waals surface area contributed by atoms with Gasteiger partial charge in [-0.05, 0) is 31.0 Å². The van der Waals surface area contributed by atoms with Gasteiger partial charge in [-0.15, -0.1) is 11.8 Å². The summed E-state index contributed by atoms with van der Waals surface area (Å²) in [5, 5.41) is 5.12. The minimum atomic E-state index is 0.326. The van der Waals surface area contributed by atoms with Crippen molar-refractivity contribution in [1.82, 2.24) is 10.1 Å². The second-order valence-corrected chi connectivity index (χ2v) is 7.74. The highest BCUT2D eigenvalue weighted by molar-refractivity contribution is 8.06. The highest BCUT2D eigenvalue weighted by Gasteiger charge is 2.30. The van der Waals surface area contributed by atoms with E-state index in [0.29, 0.717) is 22.1 Å². The summed E-state index contributed by atoms with van der Waals surface area (Å²) in [7, 11) is 0. The second kappa shape index (κ2) is 6.32. The number of aromatic nitrogens is 2. The Kier molecular flexibility index (Phi) is 4.45. The molecule has 2 aromatic rings. The molecule has 1 aliphatic rings. The topological polar surface area (TPSA) is 64.9 Å². The molecule has 0 aliphatic carbocycles. The largest absolute Gasteiger partial charge is 0.399 e. The zero-order valence-electron chi connectivity index (χ0n) is 12.2. The van der Waals surface area contributed by atoms with Gasteiger partial charge in [0.1, 0.15) is 0 Å². The summed E-state index contributed by atoms with van der Waals surface area (Å²) < 4.78 is 5.49. The molecule has 0 saturated carbocycles. The number of rotatable bonds is 3. The molecule has 0 spiro atoms. The van der Waals surface area contributed by atoms with Gasteiger partial charge in [0.15, 0.2) is 5.82 Å². The lowest BCUT2D eigenvalue weighted by atomic mass is 10.1. The monoisotopic (exact) mass is 321 g/mol. The third-order valence-corrected chi connectivity index (χ3v) is 6.88. The van der Waals surface area contributed by atoms with Crippen LogP contribution in [0.1, 0.15) is 30.0 Å². The first-order valence-corrected chi connectivity index (χ1v) is 9.22. The van der Waals surface area contributed by atoms with Crippen molar-refractivity contribution in [3.63, 3.8) is 0 Å². The zero-order valence-corrected chi connectivity index (χ0v) is 13.8. The molecule has 21 heavy (non-hydrogen) atoms. The van der Waals surface area contributed by atoms with Gasteiger partial charge in [-0.3, -0.25) is 0 Å². The molecule has 1 fully saturated rings. The summed E-state index contributed by atoms with van der Waals surface area (Å²) >= 11 is 3.95. The van der Waals surface area contributed by atoms with Gasteiger partial charge in [0.2, 0.25) is 0 Å². The smallest absolute Gasteiger partial charge is 0.258 e. The van der Waals surface area contributed by atoms with Crippen LogP contribution in [0.15, 0.2) is 22.7 Å². The maximum Gasteiger partial charge on any atom is 0.258 e. The standard InChI is InChI=1S/C15H19N3OS2/c1-3-12-13(21-7-6-20-12)14-17-15(19-18-14)11-8-10(16)5-4-9(11)2/h4-5,8,12-13H,3,6-7,16H2,1-2H3. The second-order valence-electron chi connectivity index (χ2n) is 5.14. The van der Waals surface area contributed by atoms with E-state index in [1.165, 1.54) is 5.75 Å². The van der Waals surface area contributed by atoms with E-state index in [-0.39, 0.29) is 0 Å². The molecule has 3 rings (SSSR count). The SMILES string of the molecule is CCC1SCCSC1c1noc(-c2cc(N)ccc2C)n1. The lowest BCUT2D eigenvalue weighted by molar-refractivity contribution is 0.421. The van der Waals surface area contributed by atoms with Crippen LogP contribution >= 0.6 is 23.5 Å². The van der Waals surface area contributed by atoms with Gasteiger partial charge >= 0.3 is 0 Å². The molecule has 1 saturated heterocycles. The fourth-order valence-corrected chi connectivity index (χ4v) is 5.45. The van der Waals surface area contributed by atoms with E-state index in [4.69, 9.17) is 10.3 Å². The zero-order chi connectivity index (χ0) is 14.8. The van der Waals surface area contributed by atoms with E-state index in [1.54, 1.807) is 0 Å². The minimum Gasteiger partial charge on any atom is -0.399 e. The molecular formula is C15H19N3OS2. The molecule has 1 aromatic heterocycles. The molecule has 112 valence electrons. The predicted molar refractivity (Wildman–Crippen MR) is 90.6 cm³/mol. The van der Waals surface area contributed by atoms with Crippen molar-refractivity contribution in [3.05, 3.63) is 29.6 Å². The molecule has 0 amide bonds. The van der Waals surface area contributed by atoms with Crippen LogP contribution in [-0.2, 0) is 0 Å². The highest BCUT2D eigenvalue weighted by atomic mass is 32.2. The lowest BCUT2D eigenvalue weighted by Gasteiger charge is -2.27. The van der Waals surface area contributed by atoms with Gasteiger partial charge < -0.3 is 10.3 Å². The Hall–Kier alpha value is -1.14. The van der Waals surface area contributed by atoms with Crippen molar-refractivity contribution in [2.24, 2.45) is 0 Å². The molecule has 2 heterocycles. The first kappa shape index (κ1) is 14.8. The van der Waals surface area contributed by atoms with E-state index in [9.17, 15) is 0 Å². The number of aryl methyl sites for hydroxylation is 1. The summed E-state index contributed by atoms with van der Waals surface area (Å²) in [4.78, 5) is 4.64. The molecule has 1 aromatic carbocycles. The van der Waals surface area contributed by atoms with Crippen molar-refractivity contribution in [1.29, 1.82) is 0 Å². The summed E-state index contributed by atoms with van der Waals surface area (Å²) in [6.45, 7) is 4.25. The van der Waals surface area contributed by atoms with E-state index in [1.807, 2.05) is 48.6 Å². The van der Waals surface area contributed by atoms with Crippen molar-refractivity contribution in [3.8, 4) is 11.5 Å². The van der Waals surface area contributed by atoms with Gasteiger partial charge in [-0.2, -0.15) is 16.7 Å². The highest BCUT2D eigenvalue weighted by Crippen LogP contribution is 2.43. The van der Waals surface area contributed by atoms with Crippen LogP contribution in [0.4, 0.5) is 5.69 Å². The average Bonchev–Trinajstić information content (AvgIpc) is 2.99. The van der Waals surface area contributed by atoms with Gasteiger partial charge in [0, 0.05) is 28.0 Å². The van der Waals surface area contributed by atoms with Crippen molar-refractivity contribution in [2.75, 3.05) is 17.2 Å². The first-order chi connectivity index (χ1) is 10.2. The van der Waals surface area contributed by atoms with Crippen LogP contribution in [0.25, 0.3) is 11.5 Å². The van der Waals surface area contributed by atoms with E-state index in [0.717, 1.165) is 29.1 Å². The number of thioether (sulfide) groups is 2. The molecular weight excluding hydrogens is 302 g/mol. The number of hydrogen-bond acceptors (Lipinski definition) is 6. The van der Waals surface area contributed by atoms with Crippen LogP contribution in [0.5, 0.6) is 0 Å². The molecule has 0 radical (unpaired) electrons. The summed E-state index contributed by atoms with van der Waals surface area (Å²) in [6, 6.07) is 5.76. The summed E-state index contributed by atoms with van der Waals surface area (Å²) in [5.41, 5.74) is 8.59. The summed E-state index contributed by atoms with van der Waals surface area (Å²) in [5.74, 6) is 3.74. The predicted octanol–water partition coefficient (Wildman–Crippen LogP) is 3.93. The molecule has 4 nitrogen and oxygen atoms in total. The number of nitrogens with two attached hydrogens (primary N) is 1. The number of benzene rings is 1. The number of anilines is 1. The Morgan fingerprint density at radius 1 is 1.33 bits per heavy atom. The maximum absolute atomic E-state index is 5.86. The van der Waals surface area contributed by atoms with Crippen LogP contribution in [0, 0.1) is 6.92 Å². The number of nitrogen functional groups attached to an aromatic ring is 1. The van der Waals surface area contributed by atoms with Crippen LogP contribution in [0.2, 0.25) is 0 Å². The van der Waals surface area contributed by atoms with E-state index in [2.05, 4.69) is 17.1 Å². The first-order valence-electron chi connectivity index (χ1n) is 7.12. The van der Waals surface area contributed by atoms with Gasteiger partial charge in [0.05, 0.1) is 5.25 Å². The van der Waals surface area contributed by atoms with Crippen molar-refractivity contribution >= 4 is 29.2 Å². The van der Waals surface area contributed by atoms with Gasteiger partial charge in [-0.25, -0.2) is 0 Å². The third-order valence-electron chi connectivity index (χ3n) is 3.64. The normalized spacial score (nSPS) is 22.4. The fraction of sp³-hybridized carbons (Fsp3) is 0.467. The fourth-order valence-electron chi connectivity index (χ4n) is 2.47. The Morgan fingerprint density at radius 2 is 2.14 bits per heavy atom. The quantitative estimate of drug-likeness (QED) is 0.864. The number of nitrogens with zero attached hydrogens (tertiary/aromatic N) is 2. The summed E-state index contributed by atoms with van der Waals surface area (Å²) in [6.07, 6.45) is 1.13. The van der Waals surface area contributed by atoms with Crippen LogP contribution < -0.4 is 5.73 Å². The van der Waals surface area contributed by atoms with Crippen LogP contribution in [0.3, 0.4) is 0 Å². The molecule has 2 unspecified atom stereocenters. The Balaban J connectivity index is 1.90. The van der Waals surface area contributed by atoms with Crippen molar-refractivity contribution in [2.45, 2.75) is 30.8 Å². The maximum atomic E-state index is 5.86. The lowest BCUT2D eigenvalue weighted by Crippen LogP contribution is -2.19. The number of hydrogen-bond donors (Lipinski definition) is 1. The molecule has 0 bridgehead atoms. The minimum absolute atomic E-state index is 0.326. The van der Waals surface area contributed by atoms with Gasteiger partial charge in [-0.1, -0.05) is 18.1 Å². The Bertz CT molecular complexity index is 629. The molecule has 2 N–H and O–H groups in total. The van der Waals surface area contributed by atoms with E-state index >= 15 is 0 Å². The van der Waals surface area contributed by atoms with Gasteiger partial charge in [0.25, 0.3) is 5.89 Å². The molecule has 6 heteroatoms. The third kappa shape index (κ3) is 3.06. The Labute approximate surface area is 133 Å².